The first-order valence-electron chi connectivity index (χ1n) is 6.48. The lowest BCUT2D eigenvalue weighted by Gasteiger charge is -2.16. The maximum Gasteiger partial charge on any atom is 0.341 e. The highest BCUT2D eigenvalue weighted by Gasteiger charge is 2.22. The Morgan fingerprint density at radius 2 is 2.47 bits per heavy atom. The molecule has 0 aliphatic carbocycles. The van der Waals surface area contributed by atoms with Crippen LogP contribution in [-0.2, 0) is 4.74 Å². The van der Waals surface area contributed by atoms with Gasteiger partial charge in [-0.3, -0.25) is 0 Å². The van der Waals surface area contributed by atoms with Gasteiger partial charge in [-0.15, -0.1) is 0 Å². The molecule has 6 nitrogen and oxygen atoms in total. The van der Waals surface area contributed by atoms with Crippen molar-refractivity contribution in [3.05, 3.63) is 17.8 Å². The van der Waals surface area contributed by atoms with E-state index in [1.807, 2.05) is 0 Å². The van der Waals surface area contributed by atoms with E-state index in [1.165, 1.54) is 0 Å². The number of ether oxygens (including phenoxy) is 1. The lowest BCUT2D eigenvalue weighted by Crippen LogP contribution is -2.25. The number of hydrogen-bond acceptors (Lipinski definition) is 6. The van der Waals surface area contributed by atoms with Gasteiger partial charge in [0.25, 0.3) is 0 Å². The lowest BCUT2D eigenvalue weighted by molar-refractivity contribution is 0.0527. The largest absolute Gasteiger partial charge is 0.462 e. The average Bonchev–Trinajstić information content (AvgIpc) is 2.77. The molecular weight excluding hydrogens is 244 g/mol. The van der Waals surface area contributed by atoms with Crippen LogP contribution in [0.1, 0.15) is 23.7 Å². The molecule has 1 aliphatic rings. The maximum absolute atomic E-state index is 11.9. The normalized spacial score (nSPS) is 19.4. The van der Waals surface area contributed by atoms with Crippen molar-refractivity contribution in [3.8, 4) is 0 Å². The number of nitrogens with two attached hydrogens (primary N) is 1. The first kappa shape index (κ1) is 13.6. The van der Waals surface area contributed by atoms with Gasteiger partial charge in [0.15, 0.2) is 0 Å². The number of nitrogens with zero attached hydrogens (tertiary/aromatic N) is 2. The average molecular weight is 264 g/mol. The van der Waals surface area contributed by atoms with Crippen LogP contribution in [0.2, 0.25) is 0 Å². The van der Waals surface area contributed by atoms with Gasteiger partial charge in [-0.05, 0) is 33.0 Å². The zero-order chi connectivity index (χ0) is 13.8. The Labute approximate surface area is 112 Å². The summed E-state index contributed by atoms with van der Waals surface area (Å²) in [5.41, 5.74) is 6.54. The summed E-state index contributed by atoms with van der Waals surface area (Å²) in [7, 11) is 2.07. The van der Waals surface area contributed by atoms with Crippen molar-refractivity contribution in [3.63, 3.8) is 0 Å². The number of pyridine rings is 1. The first-order valence-corrected chi connectivity index (χ1v) is 6.48. The summed E-state index contributed by atoms with van der Waals surface area (Å²) in [4.78, 5) is 18.3. The third-order valence-electron chi connectivity index (χ3n) is 3.14. The Kier molecular flexibility index (Phi) is 4.21. The molecule has 19 heavy (non-hydrogen) atoms. The molecule has 0 amide bonds. The van der Waals surface area contributed by atoms with E-state index in [1.54, 1.807) is 19.2 Å². The van der Waals surface area contributed by atoms with Gasteiger partial charge in [0.05, 0.1) is 18.5 Å². The molecule has 104 valence electrons. The molecule has 1 aliphatic heterocycles. The van der Waals surface area contributed by atoms with Gasteiger partial charge in [0.2, 0.25) is 0 Å². The number of rotatable bonds is 4. The summed E-state index contributed by atoms with van der Waals surface area (Å²) >= 11 is 0. The van der Waals surface area contributed by atoms with Gasteiger partial charge < -0.3 is 20.7 Å². The summed E-state index contributed by atoms with van der Waals surface area (Å²) in [5, 5.41) is 3.30. The molecule has 1 fully saturated rings. The van der Waals surface area contributed by atoms with E-state index in [0.717, 1.165) is 19.5 Å². The van der Waals surface area contributed by atoms with Gasteiger partial charge in [-0.2, -0.15) is 0 Å². The molecule has 1 saturated heterocycles. The minimum atomic E-state index is -0.392. The van der Waals surface area contributed by atoms with Crippen molar-refractivity contribution in [1.82, 2.24) is 9.88 Å². The van der Waals surface area contributed by atoms with E-state index >= 15 is 0 Å². The molecule has 0 spiro atoms. The van der Waals surface area contributed by atoms with E-state index in [0.29, 0.717) is 29.7 Å². The van der Waals surface area contributed by atoms with E-state index in [2.05, 4.69) is 22.2 Å². The molecule has 0 bridgehead atoms. The van der Waals surface area contributed by atoms with E-state index in [9.17, 15) is 4.79 Å². The fourth-order valence-electron chi connectivity index (χ4n) is 2.21. The standard InChI is InChI=1S/C13H20N4O2/c1-3-19-13(18)11-6-9(14)7-15-12(11)16-10-4-5-17(2)8-10/h6-7,10H,3-5,8,14H2,1-2H3,(H,15,16). The molecule has 2 heterocycles. The summed E-state index contributed by atoms with van der Waals surface area (Å²) in [5.74, 6) is 0.157. The monoisotopic (exact) mass is 264 g/mol. The van der Waals surface area contributed by atoms with Crippen molar-refractivity contribution in [1.29, 1.82) is 0 Å². The number of hydrogen-bond donors (Lipinski definition) is 2. The highest BCUT2D eigenvalue weighted by atomic mass is 16.5. The topological polar surface area (TPSA) is 80.5 Å². The summed E-state index contributed by atoms with van der Waals surface area (Å²) < 4.78 is 5.02. The highest BCUT2D eigenvalue weighted by Crippen LogP contribution is 2.20. The molecule has 0 aromatic carbocycles. The van der Waals surface area contributed by atoms with Crippen LogP contribution >= 0.6 is 0 Å². The summed E-state index contributed by atoms with van der Waals surface area (Å²) in [6.45, 7) is 4.09. The Morgan fingerprint density at radius 3 is 3.11 bits per heavy atom. The van der Waals surface area contributed by atoms with Crippen molar-refractivity contribution in [2.24, 2.45) is 0 Å². The molecule has 0 saturated carbocycles. The number of carbonyl (C=O) groups is 1. The van der Waals surface area contributed by atoms with Crippen molar-refractivity contribution in [2.75, 3.05) is 37.8 Å². The number of likely N-dealkylation sites (N-methyl/N-ethyl adjacent to an activating group) is 1. The SMILES string of the molecule is CCOC(=O)c1cc(N)cnc1NC1CCN(C)C1. The van der Waals surface area contributed by atoms with Gasteiger partial charge in [-0.25, -0.2) is 9.78 Å². The fourth-order valence-corrected chi connectivity index (χ4v) is 2.21. The Hall–Kier alpha value is -1.82. The second-order valence-corrected chi connectivity index (χ2v) is 4.78. The minimum Gasteiger partial charge on any atom is -0.462 e. The Bertz CT molecular complexity index is 464. The van der Waals surface area contributed by atoms with Crippen LogP contribution in [0.4, 0.5) is 11.5 Å². The van der Waals surface area contributed by atoms with Crippen LogP contribution < -0.4 is 11.1 Å². The van der Waals surface area contributed by atoms with Crippen molar-refractivity contribution in [2.45, 2.75) is 19.4 Å². The van der Waals surface area contributed by atoms with Crippen molar-refractivity contribution < 1.29 is 9.53 Å². The van der Waals surface area contributed by atoms with E-state index < -0.39 is 5.97 Å². The number of aromatic nitrogens is 1. The predicted octanol–water partition coefficient (Wildman–Crippen LogP) is 0.956. The molecule has 6 heteroatoms. The zero-order valence-corrected chi connectivity index (χ0v) is 11.3. The molecule has 2 rings (SSSR count). The second-order valence-electron chi connectivity index (χ2n) is 4.78. The van der Waals surface area contributed by atoms with Crippen LogP contribution in [0.25, 0.3) is 0 Å². The van der Waals surface area contributed by atoms with Crippen LogP contribution in [0.3, 0.4) is 0 Å². The number of esters is 1. The van der Waals surface area contributed by atoms with Crippen LogP contribution in [0, 0.1) is 0 Å². The molecular formula is C13H20N4O2. The second kappa shape index (κ2) is 5.88. The smallest absolute Gasteiger partial charge is 0.341 e. The molecule has 1 aromatic rings. The van der Waals surface area contributed by atoms with E-state index in [4.69, 9.17) is 10.5 Å². The van der Waals surface area contributed by atoms with E-state index in [-0.39, 0.29) is 0 Å². The molecule has 1 aromatic heterocycles. The first-order chi connectivity index (χ1) is 9.10. The minimum absolute atomic E-state index is 0.300. The number of likely N-dealkylation sites (tertiary alicyclic amines) is 1. The summed E-state index contributed by atoms with van der Waals surface area (Å²) in [6, 6.07) is 1.90. The van der Waals surface area contributed by atoms with Crippen LogP contribution in [0.5, 0.6) is 0 Å². The van der Waals surface area contributed by atoms with Crippen LogP contribution in [-0.4, -0.2) is 48.6 Å². The molecule has 1 unspecified atom stereocenters. The van der Waals surface area contributed by atoms with Crippen LogP contribution in [0.15, 0.2) is 12.3 Å². The van der Waals surface area contributed by atoms with Gasteiger partial charge >= 0.3 is 5.97 Å². The lowest BCUT2D eigenvalue weighted by atomic mass is 10.2. The quantitative estimate of drug-likeness (QED) is 0.788. The Morgan fingerprint density at radius 1 is 1.68 bits per heavy atom. The van der Waals surface area contributed by atoms with Gasteiger partial charge in [0.1, 0.15) is 11.4 Å². The predicted molar refractivity (Wildman–Crippen MR) is 74.1 cm³/mol. The molecule has 1 atom stereocenters. The number of carbonyl (C=O) groups excluding carboxylic acids is 1. The van der Waals surface area contributed by atoms with Crippen molar-refractivity contribution >= 4 is 17.5 Å². The van der Waals surface area contributed by atoms with Gasteiger partial charge in [-0.1, -0.05) is 0 Å². The number of nitrogen functional groups attached to an aromatic ring is 1. The summed E-state index contributed by atoms with van der Waals surface area (Å²) in [6.07, 6.45) is 2.58. The molecule has 3 N–H and O–H groups in total. The molecule has 0 radical (unpaired) electrons. The maximum atomic E-state index is 11.9. The Balaban J connectivity index is 2.17. The number of anilines is 2. The third kappa shape index (κ3) is 3.35. The highest BCUT2D eigenvalue weighted by molar-refractivity contribution is 5.95. The zero-order valence-electron chi connectivity index (χ0n) is 11.3. The number of nitrogens with one attached hydrogen (secondary N) is 1. The van der Waals surface area contributed by atoms with Gasteiger partial charge in [0, 0.05) is 12.6 Å². The fraction of sp³-hybridized carbons (Fsp3) is 0.538. The third-order valence-corrected chi connectivity index (χ3v) is 3.14.